The summed E-state index contributed by atoms with van der Waals surface area (Å²) < 4.78 is 48.3. The Morgan fingerprint density at radius 2 is 1.91 bits per heavy atom. The zero-order valence-electron chi connectivity index (χ0n) is 20.2. The number of alkyl halides is 1. The van der Waals surface area contributed by atoms with Crippen LogP contribution in [0.2, 0.25) is 0 Å². The van der Waals surface area contributed by atoms with Gasteiger partial charge in [0.2, 0.25) is 0 Å². The Kier molecular flexibility index (Phi) is 8.34. The third kappa shape index (κ3) is 6.23. The predicted octanol–water partition coefficient (Wildman–Crippen LogP) is 4.69. The van der Waals surface area contributed by atoms with Gasteiger partial charge in [-0.2, -0.15) is 0 Å². The van der Waals surface area contributed by atoms with Crippen LogP contribution in [0.15, 0.2) is 41.4 Å². The van der Waals surface area contributed by atoms with Gasteiger partial charge < -0.3 is 10.1 Å². The molecule has 0 saturated carbocycles. The number of pyridine rings is 1. The van der Waals surface area contributed by atoms with Crippen LogP contribution >= 0.6 is 0 Å². The molecular weight excluding hydrogens is 441 g/mol. The van der Waals surface area contributed by atoms with E-state index < -0.39 is 16.2 Å². The SMILES string of the molecule is Cc1cc(C(C)C)cnc1N(CC(C)C)S(=O)(=O)c1ccc(OC[C@H]2CCNC[C@H]2F)cc1. The highest BCUT2D eigenvalue weighted by Gasteiger charge is 2.29. The lowest BCUT2D eigenvalue weighted by Gasteiger charge is -2.27. The monoisotopic (exact) mass is 477 g/mol. The molecule has 1 aliphatic rings. The molecule has 1 aliphatic heterocycles. The highest BCUT2D eigenvalue weighted by Crippen LogP contribution is 2.29. The minimum Gasteiger partial charge on any atom is -0.493 e. The number of aromatic nitrogens is 1. The number of aryl methyl sites for hydroxylation is 1. The van der Waals surface area contributed by atoms with Crippen LogP contribution in [-0.4, -0.2) is 45.8 Å². The van der Waals surface area contributed by atoms with Gasteiger partial charge in [0.15, 0.2) is 0 Å². The Hall–Kier alpha value is -2.19. The number of anilines is 1. The average molecular weight is 478 g/mol. The predicted molar refractivity (Wildman–Crippen MR) is 130 cm³/mol. The highest BCUT2D eigenvalue weighted by molar-refractivity contribution is 7.92. The molecule has 8 heteroatoms. The number of nitrogens with zero attached hydrogens (tertiary/aromatic N) is 2. The van der Waals surface area contributed by atoms with Crippen molar-refractivity contribution in [2.24, 2.45) is 11.8 Å². The Morgan fingerprint density at radius 1 is 1.21 bits per heavy atom. The first kappa shape index (κ1) is 25.4. The number of nitrogens with one attached hydrogen (secondary N) is 1. The Balaban J connectivity index is 1.81. The second-order valence-electron chi connectivity index (χ2n) is 9.55. The fourth-order valence-electron chi connectivity index (χ4n) is 3.90. The molecule has 0 unspecified atom stereocenters. The summed E-state index contributed by atoms with van der Waals surface area (Å²) in [5.74, 6) is 1.26. The standard InChI is InChI=1S/C25H36FN3O3S/c1-17(2)15-29(25-19(5)12-21(13-28-25)18(3)4)33(30,31)23-8-6-22(7-9-23)32-16-20-10-11-27-14-24(20)26/h6-9,12-13,17-18,20,24,27H,10-11,14-16H2,1-5H3/t20-,24-/m1/s1. The second-order valence-corrected chi connectivity index (χ2v) is 11.4. The molecule has 1 saturated heterocycles. The number of sulfonamides is 1. The second kappa shape index (κ2) is 10.8. The number of hydrogen-bond acceptors (Lipinski definition) is 5. The molecule has 0 radical (unpaired) electrons. The van der Waals surface area contributed by atoms with Crippen LogP contribution in [0.4, 0.5) is 10.2 Å². The lowest BCUT2D eigenvalue weighted by Crippen LogP contribution is -2.40. The van der Waals surface area contributed by atoms with Gasteiger partial charge in [-0.15, -0.1) is 0 Å². The van der Waals surface area contributed by atoms with Gasteiger partial charge in [0, 0.05) is 25.2 Å². The number of halogens is 1. The van der Waals surface area contributed by atoms with Crippen molar-refractivity contribution >= 4 is 15.8 Å². The fraction of sp³-hybridized carbons (Fsp3) is 0.560. The third-order valence-corrected chi connectivity index (χ3v) is 7.69. The fourth-order valence-corrected chi connectivity index (χ4v) is 5.54. The Labute approximate surface area is 197 Å². The number of benzene rings is 1. The van der Waals surface area contributed by atoms with Gasteiger partial charge in [-0.3, -0.25) is 0 Å². The molecule has 1 aromatic heterocycles. The van der Waals surface area contributed by atoms with E-state index in [0.29, 0.717) is 30.6 Å². The van der Waals surface area contributed by atoms with Gasteiger partial charge in [-0.25, -0.2) is 22.1 Å². The summed E-state index contributed by atoms with van der Waals surface area (Å²) in [5, 5.41) is 3.03. The van der Waals surface area contributed by atoms with E-state index in [9.17, 15) is 12.8 Å². The molecule has 182 valence electrons. The van der Waals surface area contributed by atoms with Gasteiger partial charge in [-0.05, 0) is 67.1 Å². The average Bonchev–Trinajstić information content (AvgIpc) is 2.77. The summed E-state index contributed by atoms with van der Waals surface area (Å²) in [7, 11) is -3.82. The normalized spacial score (nSPS) is 19.2. The molecule has 0 bridgehead atoms. The van der Waals surface area contributed by atoms with Crippen LogP contribution < -0.4 is 14.4 Å². The molecule has 2 aromatic rings. The zero-order chi connectivity index (χ0) is 24.2. The number of ether oxygens (including phenoxy) is 1. The molecule has 3 rings (SSSR count). The van der Waals surface area contributed by atoms with Gasteiger partial charge in [0.1, 0.15) is 17.7 Å². The maximum absolute atomic E-state index is 14.0. The van der Waals surface area contributed by atoms with Crippen molar-refractivity contribution in [3.8, 4) is 5.75 Å². The van der Waals surface area contributed by atoms with Crippen LogP contribution in [0.5, 0.6) is 5.75 Å². The maximum atomic E-state index is 14.0. The first-order valence-corrected chi connectivity index (χ1v) is 13.1. The lowest BCUT2D eigenvalue weighted by molar-refractivity contribution is 0.122. The molecule has 6 nitrogen and oxygen atoms in total. The van der Waals surface area contributed by atoms with Crippen molar-refractivity contribution in [3.05, 3.63) is 47.7 Å². The summed E-state index contributed by atoms with van der Waals surface area (Å²) in [4.78, 5) is 4.71. The van der Waals surface area contributed by atoms with E-state index in [-0.39, 0.29) is 23.3 Å². The van der Waals surface area contributed by atoms with Gasteiger partial charge >= 0.3 is 0 Å². The largest absolute Gasteiger partial charge is 0.493 e. The van der Waals surface area contributed by atoms with Crippen molar-refractivity contribution in [1.29, 1.82) is 0 Å². The topological polar surface area (TPSA) is 71.5 Å². The molecule has 1 N–H and O–H groups in total. The molecule has 0 spiro atoms. The summed E-state index contributed by atoms with van der Waals surface area (Å²) >= 11 is 0. The first-order valence-electron chi connectivity index (χ1n) is 11.7. The molecule has 2 heterocycles. The Bertz CT molecular complexity index is 1030. The number of piperidine rings is 1. The summed E-state index contributed by atoms with van der Waals surface area (Å²) in [6, 6.07) is 8.37. The lowest BCUT2D eigenvalue weighted by atomic mass is 9.97. The van der Waals surface area contributed by atoms with Crippen LogP contribution in [0.1, 0.15) is 51.2 Å². The summed E-state index contributed by atoms with van der Waals surface area (Å²) in [6.45, 7) is 11.8. The summed E-state index contributed by atoms with van der Waals surface area (Å²) in [5.41, 5.74) is 1.90. The van der Waals surface area contributed by atoms with E-state index in [1.165, 1.54) is 4.31 Å². The van der Waals surface area contributed by atoms with Crippen molar-refractivity contribution in [3.63, 3.8) is 0 Å². The van der Waals surface area contributed by atoms with Gasteiger partial charge in [0.05, 0.1) is 11.5 Å². The molecule has 2 atom stereocenters. The van der Waals surface area contributed by atoms with Gasteiger partial charge in [0.25, 0.3) is 10.0 Å². The van der Waals surface area contributed by atoms with E-state index in [1.54, 1.807) is 30.5 Å². The van der Waals surface area contributed by atoms with E-state index >= 15 is 0 Å². The highest BCUT2D eigenvalue weighted by atomic mass is 32.2. The van der Waals surface area contributed by atoms with Crippen LogP contribution in [0.25, 0.3) is 0 Å². The Morgan fingerprint density at radius 3 is 2.48 bits per heavy atom. The van der Waals surface area contributed by atoms with E-state index in [2.05, 4.69) is 24.1 Å². The molecule has 0 aliphatic carbocycles. The van der Waals surface area contributed by atoms with Crippen LogP contribution in [0, 0.1) is 18.8 Å². The van der Waals surface area contributed by atoms with Crippen molar-refractivity contribution in [2.45, 2.75) is 58.0 Å². The molecule has 1 aromatic carbocycles. The summed E-state index contributed by atoms with van der Waals surface area (Å²) in [6.07, 6.45) is 1.55. The number of hydrogen-bond donors (Lipinski definition) is 1. The van der Waals surface area contributed by atoms with E-state index in [4.69, 9.17) is 4.74 Å². The molecular formula is C25H36FN3O3S. The van der Waals surface area contributed by atoms with Gasteiger partial charge in [-0.1, -0.05) is 33.8 Å². The quantitative estimate of drug-likeness (QED) is 0.567. The van der Waals surface area contributed by atoms with E-state index in [1.807, 2.05) is 26.8 Å². The zero-order valence-corrected chi connectivity index (χ0v) is 21.0. The van der Waals surface area contributed by atoms with E-state index in [0.717, 1.165) is 24.1 Å². The maximum Gasteiger partial charge on any atom is 0.265 e. The van der Waals surface area contributed by atoms with Crippen molar-refractivity contribution in [2.75, 3.05) is 30.5 Å². The number of rotatable bonds is 9. The first-order chi connectivity index (χ1) is 15.6. The minimum absolute atomic E-state index is 0.118. The smallest absolute Gasteiger partial charge is 0.265 e. The van der Waals surface area contributed by atoms with Crippen LogP contribution in [-0.2, 0) is 10.0 Å². The van der Waals surface area contributed by atoms with Crippen molar-refractivity contribution in [1.82, 2.24) is 10.3 Å². The molecule has 0 amide bonds. The third-order valence-electron chi connectivity index (χ3n) is 5.92. The van der Waals surface area contributed by atoms with Crippen molar-refractivity contribution < 1.29 is 17.5 Å². The minimum atomic E-state index is -3.82. The molecule has 33 heavy (non-hydrogen) atoms. The van der Waals surface area contributed by atoms with Crippen LogP contribution in [0.3, 0.4) is 0 Å². The molecule has 1 fully saturated rings.